The second kappa shape index (κ2) is 9.11. The number of thioether (sulfide) groups is 2. The van der Waals surface area contributed by atoms with Crippen LogP contribution in [0.3, 0.4) is 0 Å². The minimum atomic E-state index is -0.281. The first-order valence-corrected chi connectivity index (χ1v) is 11.8. The van der Waals surface area contributed by atoms with Crippen LogP contribution in [0.1, 0.15) is 18.9 Å². The molecular formula is C19H18N6O2S3. The summed E-state index contributed by atoms with van der Waals surface area (Å²) in [7, 11) is 0. The first-order chi connectivity index (χ1) is 14.5. The van der Waals surface area contributed by atoms with Crippen LogP contribution in [0, 0.1) is 0 Å². The number of fused-ring (bicyclic) bond motifs is 1. The fourth-order valence-electron chi connectivity index (χ4n) is 2.65. The van der Waals surface area contributed by atoms with E-state index in [4.69, 9.17) is 0 Å². The topological polar surface area (TPSA) is 106 Å². The Bertz CT molecular complexity index is 1230. The third kappa shape index (κ3) is 4.79. The van der Waals surface area contributed by atoms with Crippen molar-refractivity contribution in [2.75, 3.05) is 5.75 Å². The molecule has 0 saturated heterocycles. The molecule has 0 fully saturated rings. The summed E-state index contributed by atoms with van der Waals surface area (Å²) in [6.45, 7) is 4.17. The molecule has 0 saturated carbocycles. The number of benzene rings is 1. The molecule has 0 bridgehead atoms. The molecular weight excluding hydrogens is 440 g/mol. The zero-order valence-electron chi connectivity index (χ0n) is 16.2. The molecule has 0 aliphatic carbocycles. The number of hydrogen-bond donors (Lipinski definition) is 1. The maximum absolute atomic E-state index is 12.4. The molecule has 3 aromatic heterocycles. The van der Waals surface area contributed by atoms with Gasteiger partial charge in [-0.1, -0.05) is 66.9 Å². The van der Waals surface area contributed by atoms with Crippen molar-refractivity contribution in [2.24, 2.45) is 0 Å². The molecule has 30 heavy (non-hydrogen) atoms. The van der Waals surface area contributed by atoms with Gasteiger partial charge in [0.15, 0.2) is 15.1 Å². The summed E-state index contributed by atoms with van der Waals surface area (Å²) in [5.74, 6) is 0.178. The Kier molecular flexibility index (Phi) is 6.30. The summed E-state index contributed by atoms with van der Waals surface area (Å²) in [6.07, 6.45) is 1.72. The third-order valence-corrected chi connectivity index (χ3v) is 6.86. The molecule has 1 aromatic carbocycles. The highest BCUT2D eigenvalue weighted by Gasteiger charge is 2.15. The Hall–Kier alpha value is -2.50. The Morgan fingerprint density at radius 2 is 2.03 bits per heavy atom. The van der Waals surface area contributed by atoms with Crippen molar-refractivity contribution >= 4 is 51.7 Å². The Balaban J connectivity index is 1.47. The van der Waals surface area contributed by atoms with Crippen molar-refractivity contribution in [1.29, 1.82) is 0 Å². The lowest BCUT2D eigenvalue weighted by Crippen LogP contribution is -2.11. The summed E-state index contributed by atoms with van der Waals surface area (Å²) in [5.41, 5.74) is 0.986. The van der Waals surface area contributed by atoms with Crippen LogP contribution in [-0.2, 0) is 11.2 Å². The number of aromatic nitrogens is 6. The van der Waals surface area contributed by atoms with E-state index in [0.29, 0.717) is 26.4 Å². The van der Waals surface area contributed by atoms with Crippen LogP contribution in [0.25, 0.3) is 16.7 Å². The summed E-state index contributed by atoms with van der Waals surface area (Å²) in [5, 5.41) is 14.4. The van der Waals surface area contributed by atoms with Crippen LogP contribution in [-0.4, -0.2) is 46.7 Å². The molecule has 154 valence electrons. The summed E-state index contributed by atoms with van der Waals surface area (Å²) in [4.78, 5) is 32.0. The predicted molar refractivity (Wildman–Crippen MR) is 120 cm³/mol. The van der Waals surface area contributed by atoms with Crippen LogP contribution in [0.15, 0.2) is 50.8 Å². The Morgan fingerprint density at radius 3 is 2.80 bits per heavy atom. The van der Waals surface area contributed by atoms with Gasteiger partial charge in [-0.15, -0.1) is 10.2 Å². The second-order valence-corrected chi connectivity index (χ2v) is 10.5. The standard InChI is InChI=1S/C19H18N6O2S3/c1-11(2)29-19-24-23-15(30-19)8-13(26)10-28-18-21-16-14(17(27)22-18)9-20-25(16)12-6-4-3-5-7-12/h3-7,9,11H,8,10H2,1-2H3,(H,21,22,27). The molecule has 0 radical (unpaired) electrons. The van der Waals surface area contributed by atoms with Crippen molar-refractivity contribution < 1.29 is 4.79 Å². The van der Waals surface area contributed by atoms with Gasteiger partial charge in [-0.2, -0.15) is 5.10 Å². The minimum absolute atomic E-state index is 0.00319. The first kappa shape index (κ1) is 20.8. The van der Waals surface area contributed by atoms with Gasteiger partial charge in [-0.3, -0.25) is 9.59 Å². The van der Waals surface area contributed by atoms with Gasteiger partial charge in [0, 0.05) is 5.25 Å². The first-order valence-electron chi connectivity index (χ1n) is 9.16. The smallest absolute Gasteiger partial charge is 0.262 e. The summed E-state index contributed by atoms with van der Waals surface area (Å²) < 4.78 is 2.48. The van der Waals surface area contributed by atoms with Crippen molar-refractivity contribution in [2.45, 2.75) is 35.0 Å². The number of Topliss-reactive ketones (excluding diaryl/α,β-unsaturated/α-hetero) is 1. The van der Waals surface area contributed by atoms with Crippen molar-refractivity contribution in [3.05, 3.63) is 51.9 Å². The highest BCUT2D eigenvalue weighted by atomic mass is 32.2. The molecule has 0 aliphatic rings. The van der Waals surface area contributed by atoms with Crippen molar-refractivity contribution in [1.82, 2.24) is 29.9 Å². The highest BCUT2D eigenvalue weighted by molar-refractivity contribution is 8.01. The van der Waals surface area contributed by atoms with E-state index in [1.165, 1.54) is 29.3 Å². The molecule has 4 rings (SSSR count). The number of H-pyrrole nitrogens is 1. The second-order valence-electron chi connectivity index (χ2n) is 6.63. The van der Waals surface area contributed by atoms with E-state index in [0.717, 1.165) is 10.0 Å². The van der Waals surface area contributed by atoms with Gasteiger partial charge in [0.1, 0.15) is 16.2 Å². The van der Waals surface area contributed by atoms with Gasteiger partial charge in [0.05, 0.1) is 24.1 Å². The normalized spacial score (nSPS) is 11.4. The fourth-order valence-corrected chi connectivity index (χ4v) is 5.52. The zero-order chi connectivity index (χ0) is 21.1. The van der Waals surface area contributed by atoms with E-state index in [-0.39, 0.29) is 23.5 Å². The Morgan fingerprint density at radius 1 is 1.23 bits per heavy atom. The van der Waals surface area contributed by atoms with Gasteiger partial charge >= 0.3 is 0 Å². The van der Waals surface area contributed by atoms with Gasteiger partial charge < -0.3 is 4.98 Å². The number of ketones is 1. The van der Waals surface area contributed by atoms with Gasteiger partial charge in [0.2, 0.25) is 0 Å². The van der Waals surface area contributed by atoms with Gasteiger partial charge in [0.25, 0.3) is 5.56 Å². The molecule has 1 N–H and O–H groups in total. The number of nitrogens with one attached hydrogen (secondary N) is 1. The van der Waals surface area contributed by atoms with Gasteiger partial charge in [-0.25, -0.2) is 9.67 Å². The lowest BCUT2D eigenvalue weighted by molar-refractivity contribution is -0.116. The fraction of sp³-hybridized carbons (Fsp3) is 0.263. The van der Waals surface area contributed by atoms with E-state index in [1.807, 2.05) is 30.3 Å². The van der Waals surface area contributed by atoms with Crippen LogP contribution < -0.4 is 5.56 Å². The molecule has 0 unspecified atom stereocenters. The van der Waals surface area contributed by atoms with E-state index in [2.05, 4.69) is 39.1 Å². The number of nitrogens with zero attached hydrogens (tertiary/aromatic N) is 5. The van der Waals surface area contributed by atoms with E-state index in [9.17, 15) is 9.59 Å². The summed E-state index contributed by atoms with van der Waals surface area (Å²) >= 11 is 4.27. The number of rotatable bonds is 8. The molecule has 0 amide bonds. The lowest BCUT2D eigenvalue weighted by atomic mass is 10.3. The number of hydrogen-bond acceptors (Lipinski definition) is 9. The third-order valence-electron chi connectivity index (χ3n) is 3.92. The van der Waals surface area contributed by atoms with E-state index >= 15 is 0 Å². The quantitative estimate of drug-likeness (QED) is 0.316. The van der Waals surface area contributed by atoms with E-state index < -0.39 is 0 Å². The maximum atomic E-state index is 12.4. The number of aromatic amines is 1. The largest absolute Gasteiger partial charge is 0.301 e. The molecule has 11 heteroatoms. The molecule has 8 nitrogen and oxygen atoms in total. The number of para-hydroxylation sites is 1. The molecule has 0 spiro atoms. The molecule has 0 aliphatic heterocycles. The van der Waals surface area contributed by atoms with Crippen LogP contribution >= 0.6 is 34.9 Å². The van der Waals surface area contributed by atoms with Crippen molar-refractivity contribution in [3.63, 3.8) is 0 Å². The summed E-state index contributed by atoms with van der Waals surface area (Å²) in [6, 6.07) is 9.47. The molecule has 3 heterocycles. The van der Waals surface area contributed by atoms with E-state index in [1.54, 1.807) is 16.4 Å². The predicted octanol–water partition coefficient (Wildman–Crippen LogP) is 3.36. The zero-order valence-corrected chi connectivity index (χ0v) is 18.7. The highest BCUT2D eigenvalue weighted by Crippen LogP contribution is 2.26. The number of carbonyl (C=O) groups is 1. The Labute approximate surface area is 184 Å². The van der Waals surface area contributed by atoms with Crippen LogP contribution in [0.5, 0.6) is 0 Å². The van der Waals surface area contributed by atoms with Crippen molar-refractivity contribution in [3.8, 4) is 5.69 Å². The lowest BCUT2D eigenvalue weighted by Gasteiger charge is -2.04. The SMILES string of the molecule is CC(C)Sc1nnc(CC(=O)CSc2nc3c(cnn3-c3ccccc3)c(=O)[nH]2)s1. The average Bonchev–Trinajstić information content (AvgIpc) is 3.33. The molecule has 0 atom stereocenters. The van der Waals surface area contributed by atoms with Gasteiger partial charge in [-0.05, 0) is 12.1 Å². The maximum Gasteiger partial charge on any atom is 0.262 e. The van der Waals surface area contributed by atoms with Crippen LogP contribution in [0.4, 0.5) is 0 Å². The monoisotopic (exact) mass is 458 g/mol. The number of carbonyl (C=O) groups excluding carboxylic acids is 1. The minimum Gasteiger partial charge on any atom is -0.301 e. The average molecular weight is 459 g/mol. The molecule has 4 aromatic rings. The van der Waals surface area contributed by atoms with Crippen LogP contribution in [0.2, 0.25) is 0 Å².